The molecule has 0 aliphatic carbocycles. The summed E-state index contributed by atoms with van der Waals surface area (Å²) in [4.78, 5) is 0. The quantitative estimate of drug-likeness (QED) is 0.138. The molecule has 0 saturated carbocycles. The van der Waals surface area contributed by atoms with Crippen molar-refractivity contribution in [3.8, 4) is 0 Å². The van der Waals surface area contributed by atoms with Crippen molar-refractivity contribution in [2.75, 3.05) is 0 Å². The second kappa shape index (κ2) is 12.2. The fourth-order valence-electron chi connectivity index (χ4n) is 5.46. The molecule has 0 saturated heterocycles. The van der Waals surface area contributed by atoms with Gasteiger partial charge in [-0.15, -0.1) is 0 Å². The van der Waals surface area contributed by atoms with Crippen molar-refractivity contribution >= 4 is 35.3 Å². The van der Waals surface area contributed by atoms with E-state index in [2.05, 4.69) is 166 Å². The fourth-order valence-corrected chi connectivity index (χ4v) is 10.2. The first-order valence-electron chi connectivity index (χ1n) is 13.7. The Balaban J connectivity index is 1.45. The molecule has 0 aliphatic heterocycles. The molecule has 0 amide bonds. The van der Waals surface area contributed by atoms with Crippen molar-refractivity contribution in [3.63, 3.8) is 0 Å². The van der Waals surface area contributed by atoms with Gasteiger partial charge >= 0.3 is 210 Å². The van der Waals surface area contributed by atoms with Crippen LogP contribution in [0.2, 0.25) is 0 Å². The van der Waals surface area contributed by atoms with Crippen LogP contribution >= 0.6 is 7.26 Å². The van der Waals surface area contributed by atoms with E-state index in [9.17, 15) is 0 Å². The molecular weight excluding hydrogens is 475 g/mol. The van der Waals surface area contributed by atoms with Crippen LogP contribution in [0.5, 0.6) is 0 Å². The third-order valence-corrected chi connectivity index (χ3v) is 12.2. The van der Waals surface area contributed by atoms with E-state index in [1.54, 1.807) is 0 Å². The van der Waals surface area contributed by atoms with Gasteiger partial charge in [0.15, 0.2) is 0 Å². The van der Waals surface area contributed by atoms with Gasteiger partial charge < -0.3 is 0 Å². The molecule has 0 atom stereocenters. The van der Waals surface area contributed by atoms with Crippen LogP contribution in [0.25, 0.3) is 12.2 Å². The number of hydrogen-bond acceptors (Lipinski definition) is 0. The first kappa shape index (κ1) is 25.9. The topological polar surface area (TPSA) is 0 Å². The zero-order valence-corrected chi connectivity index (χ0v) is 23.4. The molecule has 1 heteroatoms. The first-order chi connectivity index (χ1) is 18.6. The first-order valence-corrected chi connectivity index (χ1v) is 15.9. The van der Waals surface area contributed by atoms with Gasteiger partial charge in [0.05, 0.1) is 0 Å². The van der Waals surface area contributed by atoms with Crippen molar-refractivity contribution in [1.29, 1.82) is 0 Å². The predicted molar refractivity (Wildman–Crippen MR) is 171 cm³/mol. The molecule has 0 aromatic heterocycles. The van der Waals surface area contributed by atoms with Gasteiger partial charge in [0.2, 0.25) is 0 Å². The summed E-state index contributed by atoms with van der Waals surface area (Å²) >= 11 is 0. The zero-order chi connectivity index (χ0) is 26.2. The van der Waals surface area contributed by atoms with Gasteiger partial charge in [-0.25, -0.2) is 0 Å². The maximum atomic E-state index is 2.33. The summed E-state index contributed by atoms with van der Waals surface area (Å²) in [7, 11) is -2.29. The Bertz CT molecular complexity index is 1340. The van der Waals surface area contributed by atoms with E-state index in [0.29, 0.717) is 5.92 Å². The van der Waals surface area contributed by atoms with Crippen molar-refractivity contribution in [2.45, 2.75) is 26.4 Å². The second-order valence-corrected chi connectivity index (χ2v) is 14.5. The summed E-state index contributed by atoms with van der Waals surface area (Å²) < 4.78 is 0. The Morgan fingerprint density at radius 2 is 0.842 bits per heavy atom. The summed E-state index contributed by atoms with van der Waals surface area (Å²) in [5.74, 6) is 0.683. The van der Waals surface area contributed by atoms with Crippen LogP contribution in [0, 0.1) is 5.92 Å². The SMILES string of the molecule is CC(C)Cc1ccc(C=Cc2ccc(C[PH](c3ccccc3)(c3ccccc3)c3ccccc3)cc2)cc1. The molecule has 0 nitrogen and oxygen atoms in total. The molecule has 0 unspecified atom stereocenters. The maximum absolute atomic E-state index is 2.33. The van der Waals surface area contributed by atoms with Crippen LogP contribution in [0.4, 0.5) is 0 Å². The van der Waals surface area contributed by atoms with Gasteiger partial charge in [-0.1, -0.05) is 13.8 Å². The summed E-state index contributed by atoms with van der Waals surface area (Å²) in [5.41, 5.74) is 5.25. The van der Waals surface area contributed by atoms with Crippen LogP contribution in [-0.4, -0.2) is 0 Å². The normalized spacial score (nSPS) is 12.2. The molecule has 0 heterocycles. The summed E-state index contributed by atoms with van der Waals surface area (Å²) in [6.45, 7) is 4.53. The molecule has 0 N–H and O–H groups in total. The van der Waals surface area contributed by atoms with Crippen LogP contribution in [0.1, 0.15) is 36.1 Å². The summed E-state index contributed by atoms with van der Waals surface area (Å²) in [6.07, 6.45) is 6.58. The van der Waals surface area contributed by atoms with Crippen molar-refractivity contribution in [2.24, 2.45) is 5.92 Å². The van der Waals surface area contributed by atoms with E-state index in [1.807, 2.05) is 0 Å². The van der Waals surface area contributed by atoms with E-state index in [1.165, 1.54) is 38.2 Å². The third-order valence-electron chi connectivity index (χ3n) is 7.34. The average molecular weight is 513 g/mol. The van der Waals surface area contributed by atoms with Crippen LogP contribution in [0.3, 0.4) is 0 Å². The minimum absolute atomic E-state index is 0.683. The number of rotatable bonds is 9. The number of benzene rings is 5. The van der Waals surface area contributed by atoms with Gasteiger partial charge in [-0.05, 0) is 5.92 Å². The molecule has 0 spiro atoms. The fraction of sp³-hybridized carbons (Fsp3) is 0.135. The standard InChI is InChI=1S/C37H37P/c1-30(2)28-33-24-20-31(21-25-33)18-19-32-22-26-34(27-23-32)29-38(35-12-6-3-7-13-35,36-14-8-4-9-15-36)37-16-10-5-11-17-37/h3-27,30,38H,28-29H2,1-2H3. The molecule has 38 heavy (non-hydrogen) atoms. The van der Waals surface area contributed by atoms with E-state index in [4.69, 9.17) is 0 Å². The van der Waals surface area contributed by atoms with E-state index < -0.39 is 7.26 Å². The Morgan fingerprint density at radius 1 is 0.474 bits per heavy atom. The van der Waals surface area contributed by atoms with Gasteiger partial charge in [0, 0.05) is 0 Å². The van der Waals surface area contributed by atoms with Gasteiger partial charge in [0.25, 0.3) is 0 Å². The van der Waals surface area contributed by atoms with Crippen molar-refractivity contribution in [3.05, 3.63) is 162 Å². The molecule has 0 bridgehead atoms. The molecule has 0 aliphatic rings. The van der Waals surface area contributed by atoms with Crippen LogP contribution < -0.4 is 15.9 Å². The molecule has 5 aromatic rings. The number of hydrogen-bond donors (Lipinski definition) is 0. The van der Waals surface area contributed by atoms with Gasteiger partial charge in [-0.3, -0.25) is 0 Å². The van der Waals surface area contributed by atoms with Gasteiger partial charge in [-0.2, -0.15) is 0 Å². The molecule has 5 rings (SSSR count). The monoisotopic (exact) mass is 512 g/mol. The minimum atomic E-state index is -2.29. The van der Waals surface area contributed by atoms with Gasteiger partial charge in [0.1, 0.15) is 0 Å². The van der Waals surface area contributed by atoms with Crippen molar-refractivity contribution in [1.82, 2.24) is 0 Å². The van der Waals surface area contributed by atoms with Crippen LogP contribution in [-0.2, 0) is 12.6 Å². The van der Waals surface area contributed by atoms with E-state index in [0.717, 1.165) is 12.6 Å². The second-order valence-electron chi connectivity index (χ2n) is 10.6. The Hall–Kier alpha value is -3.73. The van der Waals surface area contributed by atoms with Crippen LogP contribution in [0.15, 0.2) is 140 Å². The average Bonchev–Trinajstić information content (AvgIpc) is 2.97. The Kier molecular flexibility index (Phi) is 8.32. The molecule has 5 aromatic carbocycles. The molecule has 0 fully saturated rings. The zero-order valence-electron chi connectivity index (χ0n) is 22.4. The molecule has 190 valence electrons. The summed E-state index contributed by atoms with van der Waals surface area (Å²) in [6, 6.07) is 51.6. The van der Waals surface area contributed by atoms with E-state index in [-0.39, 0.29) is 0 Å². The molecular formula is C37H37P. The third kappa shape index (κ3) is 6.04. The molecule has 0 radical (unpaired) electrons. The Labute approximate surface area is 229 Å². The summed E-state index contributed by atoms with van der Waals surface area (Å²) in [5, 5.41) is 4.34. The van der Waals surface area contributed by atoms with Crippen molar-refractivity contribution < 1.29 is 0 Å². The Morgan fingerprint density at radius 3 is 1.21 bits per heavy atom. The van der Waals surface area contributed by atoms with E-state index >= 15 is 0 Å². The predicted octanol–water partition coefficient (Wildman–Crippen LogP) is 8.28.